The van der Waals surface area contributed by atoms with Crippen LogP contribution in [0.3, 0.4) is 0 Å². The number of esters is 4. The van der Waals surface area contributed by atoms with Gasteiger partial charge in [-0.15, -0.1) is 0 Å². The average molecular weight is 1300 g/mol. The van der Waals surface area contributed by atoms with Gasteiger partial charge in [0.05, 0.1) is 26.4 Å². The van der Waals surface area contributed by atoms with E-state index in [0.29, 0.717) is 25.7 Å². The Bertz CT molecular complexity index is 1700. The lowest BCUT2D eigenvalue weighted by molar-refractivity contribution is -0.161. The van der Waals surface area contributed by atoms with Gasteiger partial charge in [-0.05, 0) is 31.6 Å². The van der Waals surface area contributed by atoms with E-state index in [0.717, 1.165) is 121 Å². The molecule has 0 aliphatic heterocycles. The fourth-order valence-corrected chi connectivity index (χ4v) is 12.0. The summed E-state index contributed by atoms with van der Waals surface area (Å²) in [5, 5.41) is 10.5. The Labute approximate surface area is 537 Å². The average Bonchev–Trinajstić information content (AvgIpc) is 3.63. The van der Waals surface area contributed by atoms with E-state index in [9.17, 15) is 43.2 Å². The Morgan fingerprint density at radius 3 is 0.773 bits per heavy atom. The predicted octanol–water partition coefficient (Wildman–Crippen LogP) is 19.7. The van der Waals surface area contributed by atoms with Gasteiger partial charge in [-0.3, -0.25) is 37.3 Å². The van der Waals surface area contributed by atoms with E-state index in [4.69, 9.17) is 37.0 Å². The van der Waals surface area contributed by atoms with Crippen molar-refractivity contribution in [2.45, 2.75) is 374 Å². The Balaban J connectivity index is 5.14. The van der Waals surface area contributed by atoms with Crippen molar-refractivity contribution in [3.8, 4) is 0 Å². The van der Waals surface area contributed by atoms with Crippen LogP contribution in [-0.4, -0.2) is 96.7 Å². The Hall–Kier alpha value is -1.94. The van der Waals surface area contributed by atoms with Crippen molar-refractivity contribution in [3.05, 3.63) is 0 Å². The van der Waals surface area contributed by atoms with Gasteiger partial charge in [-0.25, -0.2) is 9.13 Å². The number of rotatable bonds is 69. The van der Waals surface area contributed by atoms with Crippen LogP contribution in [0.5, 0.6) is 0 Å². The third-order valence-electron chi connectivity index (χ3n) is 16.0. The number of ether oxygens (including phenoxy) is 4. The first-order valence-corrected chi connectivity index (χ1v) is 39.1. The van der Waals surface area contributed by atoms with E-state index < -0.39 is 97.5 Å². The molecule has 17 nitrogen and oxygen atoms in total. The first kappa shape index (κ1) is 86.1. The Morgan fingerprint density at radius 1 is 0.307 bits per heavy atom. The molecule has 0 radical (unpaired) electrons. The summed E-state index contributed by atoms with van der Waals surface area (Å²) in [7, 11) is -9.88. The molecular weight excluding hydrogens is 1160 g/mol. The van der Waals surface area contributed by atoms with Crippen LogP contribution in [0.1, 0.15) is 356 Å². The number of carbonyl (C=O) groups is 4. The van der Waals surface area contributed by atoms with E-state index >= 15 is 0 Å². The van der Waals surface area contributed by atoms with Gasteiger partial charge in [-0.1, -0.05) is 304 Å². The molecule has 0 aromatic heterocycles. The second-order valence-electron chi connectivity index (χ2n) is 25.4. The molecule has 522 valence electrons. The topological polar surface area (TPSA) is 237 Å². The van der Waals surface area contributed by atoms with Crippen LogP contribution in [0.4, 0.5) is 0 Å². The lowest BCUT2D eigenvalue weighted by Crippen LogP contribution is -2.30. The van der Waals surface area contributed by atoms with Gasteiger partial charge >= 0.3 is 39.5 Å². The number of aliphatic hydroxyl groups excluding tert-OH is 1. The third kappa shape index (κ3) is 62.8. The molecule has 0 heterocycles. The maximum atomic E-state index is 13.0. The Morgan fingerprint density at radius 2 is 0.523 bits per heavy atom. The van der Waals surface area contributed by atoms with Crippen molar-refractivity contribution in [3.63, 3.8) is 0 Å². The molecule has 2 unspecified atom stereocenters. The maximum absolute atomic E-state index is 13.0. The van der Waals surface area contributed by atoms with Crippen LogP contribution in [0.25, 0.3) is 0 Å². The standard InChI is InChI=1S/C69H134O17P2/c1-6-9-12-15-18-19-20-21-22-23-24-25-26-27-32-35-40-45-50-55-69(74)86-65(59-80-67(72)53-48-43-39-34-31-29-28-30-33-38-41-46-51-62(4)5)61-84-88(77,78)82-57-63(70)56-81-87(75,76)83-60-64(85-68(73)54-49-44-37-17-14-11-8-3)58-79-66(71)52-47-42-36-16-13-10-7-2/h62-65,70H,6-61H2,1-5H3,(H,75,76)(H,77,78)/t63-,64+,65+/m0/s1. The molecule has 0 aliphatic carbocycles. The molecule has 5 atom stereocenters. The number of unbranched alkanes of at least 4 members (excludes halogenated alkanes) is 41. The molecular formula is C69H134O17P2. The second kappa shape index (κ2) is 62.5. The van der Waals surface area contributed by atoms with Crippen molar-refractivity contribution >= 4 is 39.5 Å². The quantitative estimate of drug-likeness (QED) is 0.0222. The highest BCUT2D eigenvalue weighted by Gasteiger charge is 2.30. The maximum Gasteiger partial charge on any atom is 0.472 e. The summed E-state index contributed by atoms with van der Waals surface area (Å²) in [6.45, 7) is 7.16. The van der Waals surface area contributed by atoms with Crippen LogP contribution < -0.4 is 0 Å². The van der Waals surface area contributed by atoms with Gasteiger partial charge in [0.1, 0.15) is 19.3 Å². The zero-order valence-corrected chi connectivity index (χ0v) is 58.6. The van der Waals surface area contributed by atoms with Gasteiger partial charge in [0.2, 0.25) is 0 Å². The molecule has 3 N–H and O–H groups in total. The van der Waals surface area contributed by atoms with E-state index in [1.165, 1.54) is 154 Å². The first-order valence-electron chi connectivity index (χ1n) is 36.1. The second-order valence-corrected chi connectivity index (χ2v) is 28.3. The number of hydrogen-bond acceptors (Lipinski definition) is 15. The summed E-state index contributed by atoms with van der Waals surface area (Å²) in [6, 6.07) is 0. The normalized spacial score (nSPS) is 14.1. The number of phosphoric ester groups is 2. The molecule has 0 spiro atoms. The molecule has 0 aromatic rings. The summed E-state index contributed by atoms with van der Waals surface area (Å²) in [5.74, 6) is -1.35. The smallest absolute Gasteiger partial charge is 0.462 e. The number of phosphoric acid groups is 2. The van der Waals surface area contributed by atoms with Crippen molar-refractivity contribution in [1.29, 1.82) is 0 Å². The van der Waals surface area contributed by atoms with Crippen molar-refractivity contribution in [1.82, 2.24) is 0 Å². The molecule has 88 heavy (non-hydrogen) atoms. The number of aliphatic hydroxyl groups is 1. The fraction of sp³-hybridized carbons (Fsp3) is 0.942. The number of carbonyl (C=O) groups excluding carboxylic acids is 4. The lowest BCUT2D eigenvalue weighted by Gasteiger charge is -2.21. The van der Waals surface area contributed by atoms with Gasteiger partial charge in [0.25, 0.3) is 0 Å². The summed E-state index contributed by atoms with van der Waals surface area (Å²) >= 11 is 0. The van der Waals surface area contributed by atoms with E-state index in [1.807, 2.05) is 0 Å². The molecule has 0 bridgehead atoms. The molecule has 0 rings (SSSR count). The lowest BCUT2D eigenvalue weighted by atomic mass is 10.0. The van der Waals surface area contributed by atoms with Crippen LogP contribution in [-0.2, 0) is 65.4 Å². The van der Waals surface area contributed by atoms with Crippen molar-refractivity contribution in [2.24, 2.45) is 5.92 Å². The summed E-state index contributed by atoms with van der Waals surface area (Å²) in [4.78, 5) is 72.2. The minimum atomic E-state index is -4.95. The highest BCUT2D eigenvalue weighted by molar-refractivity contribution is 7.47. The largest absolute Gasteiger partial charge is 0.472 e. The number of hydrogen-bond donors (Lipinski definition) is 3. The fourth-order valence-electron chi connectivity index (χ4n) is 10.5. The molecule has 0 fully saturated rings. The minimum absolute atomic E-state index is 0.104. The highest BCUT2D eigenvalue weighted by atomic mass is 31.2. The molecule has 0 amide bonds. The van der Waals surface area contributed by atoms with Crippen LogP contribution in [0.15, 0.2) is 0 Å². The summed E-state index contributed by atoms with van der Waals surface area (Å²) in [6.07, 6.45) is 49.0. The van der Waals surface area contributed by atoms with Gasteiger partial charge in [-0.2, -0.15) is 0 Å². The summed E-state index contributed by atoms with van der Waals surface area (Å²) in [5.41, 5.74) is 0. The van der Waals surface area contributed by atoms with Gasteiger partial charge in [0, 0.05) is 25.7 Å². The molecule has 0 saturated carbocycles. The minimum Gasteiger partial charge on any atom is -0.462 e. The summed E-state index contributed by atoms with van der Waals surface area (Å²) < 4.78 is 68.0. The van der Waals surface area contributed by atoms with Crippen LogP contribution in [0.2, 0.25) is 0 Å². The van der Waals surface area contributed by atoms with E-state index in [-0.39, 0.29) is 25.7 Å². The molecule has 0 aliphatic rings. The monoisotopic (exact) mass is 1300 g/mol. The molecule has 0 aromatic carbocycles. The van der Waals surface area contributed by atoms with Gasteiger partial charge < -0.3 is 33.8 Å². The van der Waals surface area contributed by atoms with E-state index in [2.05, 4.69) is 34.6 Å². The highest BCUT2D eigenvalue weighted by Crippen LogP contribution is 2.45. The Kier molecular flexibility index (Phi) is 61.1. The predicted molar refractivity (Wildman–Crippen MR) is 354 cm³/mol. The SMILES string of the molecule is CCCCCCCCCCCCCCCCCCCCCC(=O)O[C@H](COC(=O)CCCCCCCCCCCCCCC(C)C)COP(=O)(O)OC[C@@H](O)COP(=O)(O)OC[C@@H](COC(=O)CCCCCCCCC)OC(=O)CCCCCCCCC. The van der Waals surface area contributed by atoms with Crippen molar-refractivity contribution in [2.75, 3.05) is 39.6 Å². The zero-order chi connectivity index (χ0) is 64.9. The first-order chi connectivity index (χ1) is 42.5. The van der Waals surface area contributed by atoms with Crippen LogP contribution >= 0.6 is 15.6 Å². The van der Waals surface area contributed by atoms with Gasteiger partial charge in [0.15, 0.2) is 12.2 Å². The molecule has 19 heteroatoms. The third-order valence-corrected chi connectivity index (χ3v) is 17.9. The molecule has 0 saturated heterocycles. The van der Waals surface area contributed by atoms with Crippen LogP contribution in [0, 0.1) is 5.92 Å². The zero-order valence-electron chi connectivity index (χ0n) is 56.9. The van der Waals surface area contributed by atoms with E-state index in [1.54, 1.807) is 0 Å². The van der Waals surface area contributed by atoms with Crippen molar-refractivity contribution < 1.29 is 80.2 Å².